The standard InChI is InChI=1S/C25H32N6O3S/c1-25(2,14-34-23(26)32)29-22-21-20(7-8-35(21)33)27-24(28-22)31-12-17-10-30(11-18(17)13-31)19-6-5-15-3-4-16(15)9-19/h5-6,9,17-18H,3-4,7-8,10-14H2,1-2H3,(H2,26,32)(H,27,28,29)/t17-,18+,35-/m1/s1. The van der Waals surface area contributed by atoms with Crippen LogP contribution in [0.15, 0.2) is 23.1 Å². The number of hydrogen-bond donors (Lipinski definition) is 2. The molecule has 4 aliphatic rings. The van der Waals surface area contributed by atoms with Crippen molar-refractivity contribution in [1.29, 1.82) is 0 Å². The normalized spacial score (nSPS) is 24.6. The Morgan fingerprint density at radius 2 is 1.83 bits per heavy atom. The van der Waals surface area contributed by atoms with Crippen LogP contribution in [0.2, 0.25) is 0 Å². The number of aryl methyl sites for hydroxylation is 3. The smallest absolute Gasteiger partial charge is 0.404 e. The van der Waals surface area contributed by atoms with Gasteiger partial charge in [-0.1, -0.05) is 6.07 Å². The average Bonchev–Trinajstić information content (AvgIpc) is 3.46. The summed E-state index contributed by atoms with van der Waals surface area (Å²) in [4.78, 5) is 26.3. The maximum absolute atomic E-state index is 12.7. The van der Waals surface area contributed by atoms with E-state index in [0.29, 0.717) is 40.7 Å². The molecule has 35 heavy (non-hydrogen) atoms. The van der Waals surface area contributed by atoms with Crippen LogP contribution in [-0.4, -0.2) is 64.3 Å². The number of nitrogens with two attached hydrogens (primary N) is 1. The summed E-state index contributed by atoms with van der Waals surface area (Å²) in [6, 6.07) is 6.95. The molecule has 1 aliphatic carbocycles. The second kappa shape index (κ2) is 8.36. The molecule has 0 unspecified atom stereocenters. The van der Waals surface area contributed by atoms with E-state index in [4.69, 9.17) is 20.4 Å². The molecule has 1 aromatic carbocycles. The third-order valence-corrected chi connectivity index (χ3v) is 9.15. The van der Waals surface area contributed by atoms with Crippen LogP contribution in [0.25, 0.3) is 0 Å². The number of nitrogens with one attached hydrogen (secondary N) is 1. The Kier molecular flexibility index (Phi) is 5.39. The number of amides is 1. The molecule has 2 aromatic rings. The molecule has 3 aliphatic heterocycles. The number of rotatable bonds is 6. The summed E-state index contributed by atoms with van der Waals surface area (Å²) in [7, 11) is -1.14. The number of carbonyl (C=O) groups is 1. The van der Waals surface area contributed by atoms with E-state index >= 15 is 0 Å². The molecular formula is C25H32N6O3S. The summed E-state index contributed by atoms with van der Waals surface area (Å²) >= 11 is 0. The van der Waals surface area contributed by atoms with Gasteiger partial charge in [0.15, 0.2) is 0 Å². The van der Waals surface area contributed by atoms with E-state index in [9.17, 15) is 9.00 Å². The highest BCUT2D eigenvalue weighted by atomic mass is 32.2. The Bertz CT molecular complexity index is 1200. The van der Waals surface area contributed by atoms with Crippen LogP contribution >= 0.6 is 0 Å². The van der Waals surface area contributed by atoms with E-state index in [-0.39, 0.29) is 6.61 Å². The highest BCUT2D eigenvalue weighted by Gasteiger charge is 2.42. The molecular weight excluding hydrogens is 464 g/mol. The van der Waals surface area contributed by atoms with Gasteiger partial charge in [0.25, 0.3) is 0 Å². The van der Waals surface area contributed by atoms with E-state index in [2.05, 4.69) is 33.3 Å². The summed E-state index contributed by atoms with van der Waals surface area (Å²) < 4.78 is 17.7. The number of anilines is 3. The molecule has 0 bridgehead atoms. The van der Waals surface area contributed by atoms with Crippen molar-refractivity contribution in [3.63, 3.8) is 0 Å². The van der Waals surface area contributed by atoms with Gasteiger partial charge in [0.1, 0.15) is 17.3 Å². The monoisotopic (exact) mass is 496 g/mol. The molecule has 3 atom stereocenters. The predicted molar refractivity (Wildman–Crippen MR) is 136 cm³/mol. The van der Waals surface area contributed by atoms with Gasteiger partial charge >= 0.3 is 6.09 Å². The van der Waals surface area contributed by atoms with Crippen LogP contribution in [0.3, 0.4) is 0 Å². The zero-order valence-electron chi connectivity index (χ0n) is 20.2. The van der Waals surface area contributed by atoms with Crippen LogP contribution in [0.4, 0.5) is 22.2 Å². The number of fused-ring (bicyclic) bond motifs is 3. The van der Waals surface area contributed by atoms with Gasteiger partial charge in [-0.25, -0.2) is 9.78 Å². The first-order chi connectivity index (χ1) is 16.8. The Morgan fingerprint density at radius 3 is 2.49 bits per heavy atom. The SMILES string of the molecule is CC(C)(COC(N)=O)Nc1nc(N2C[C@H]3CN(c4ccc5c(c4)CC5)C[C@H]3C2)nc2c1[S@](=O)CC2. The fourth-order valence-corrected chi connectivity index (χ4v) is 7.07. The molecule has 0 spiro atoms. The van der Waals surface area contributed by atoms with Crippen molar-refractivity contribution >= 4 is 34.3 Å². The zero-order chi connectivity index (χ0) is 24.3. The fraction of sp³-hybridized carbons (Fsp3) is 0.560. The average molecular weight is 497 g/mol. The van der Waals surface area contributed by atoms with Crippen LogP contribution in [0.1, 0.15) is 30.7 Å². The van der Waals surface area contributed by atoms with Gasteiger partial charge in [0, 0.05) is 55.9 Å². The maximum atomic E-state index is 12.7. The number of carbonyl (C=O) groups excluding carboxylic acids is 1. The Morgan fingerprint density at radius 1 is 1.11 bits per heavy atom. The number of aromatic nitrogens is 2. The van der Waals surface area contributed by atoms with Crippen molar-refractivity contribution in [3.8, 4) is 0 Å². The highest BCUT2D eigenvalue weighted by Crippen LogP contribution is 2.38. The van der Waals surface area contributed by atoms with Gasteiger partial charge in [0.05, 0.1) is 22.0 Å². The molecule has 1 amide bonds. The van der Waals surface area contributed by atoms with Gasteiger partial charge < -0.3 is 25.6 Å². The predicted octanol–water partition coefficient (Wildman–Crippen LogP) is 2.10. The van der Waals surface area contributed by atoms with Gasteiger partial charge in [-0.15, -0.1) is 0 Å². The molecule has 2 saturated heterocycles. The minimum Gasteiger partial charge on any atom is -0.447 e. The lowest BCUT2D eigenvalue weighted by molar-refractivity contribution is 0.138. The first-order valence-electron chi connectivity index (χ1n) is 12.4. The molecule has 186 valence electrons. The molecule has 0 radical (unpaired) electrons. The molecule has 9 nitrogen and oxygen atoms in total. The van der Waals surface area contributed by atoms with Crippen molar-refractivity contribution in [2.75, 3.05) is 53.7 Å². The molecule has 2 fully saturated rings. The van der Waals surface area contributed by atoms with E-state index in [1.165, 1.54) is 29.7 Å². The van der Waals surface area contributed by atoms with Crippen molar-refractivity contribution in [3.05, 3.63) is 35.0 Å². The maximum Gasteiger partial charge on any atom is 0.404 e. The first kappa shape index (κ1) is 22.6. The van der Waals surface area contributed by atoms with E-state index in [1.54, 1.807) is 0 Å². The molecule has 3 N–H and O–H groups in total. The van der Waals surface area contributed by atoms with Crippen molar-refractivity contribution < 1.29 is 13.7 Å². The lowest BCUT2D eigenvalue weighted by atomic mass is 9.88. The Hall–Kier alpha value is -2.88. The van der Waals surface area contributed by atoms with Gasteiger partial charge in [-0.3, -0.25) is 4.21 Å². The Labute approximate surface area is 207 Å². The topological polar surface area (TPSA) is 114 Å². The van der Waals surface area contributed by atoms with Crippen LogP contribution in [0.5, 0.6) is 0 Å². The van der Waals surface area contributed by atoms with E-state index in [1.807, 2.05) is 13.8 Å². The summed E-state index contributed by atoms with van der Waals surface area (Å²) in [6.07, 6.45) is 2.28. The second-order valence-corrected chi connectivity index (χ2v) is 12.4. The molecule has 10 heteroatoms. The lowest BCUT2D eigenvalue weighted by Crippen LogP contribution is -2.39. The summed E-state index contributed by atoms with van der Waals surface area (Å²) in [5, 5.41) is 3.35. The number of hydrogen-bond acceptors (Lipinski definition) is 8. The lowest BCUT2D eigenvalue weighted by Gasteiger charge is -2.28. The van der Waals surface area contributed by atoms with Crippen molar-refractivity contribution in [2.45, 2.75) is 43.5 Å². The third kappa shape index (κ3) is 4.22. The first-order valence-corrected chi connectivity index (χ1v) is 13.7. The van der Waals surface area contributed by atoms with Gasteiger partial charge in [0.2, 0.25) is 5.95 Å². The number of primary amides is 1. The van der Waals surface area contributed by atoms with Crippen LogP contribution < -0.4 is 20.9 Å². The summed E-state index contributed by atoms with van der Waals surface area (Å²) in [5.74, 6) is 2.97. The summed E-state index contributed by atoms with van der Waals surface area (Å²) in [6.45, 7) is 7.81. The van der Waals surface area contributed by atoms with E-state index in [0.717, 1.165) is 31.9 Å². The Balaban J connectivity index is 1.19. The second-order valence-electron chi connectivity index (χ2n) is 10.8. The van der Waals surface area contributed by atoms with Crippen LogP contribution in [-0.2, 0) is 34.8 Å². The fourth-order valence-electron chi connectivity index (χ4n) is 5.76. The zero-order valence-corrected chi connectivity index (χ0v) is 21.1. The van der Waals surface area contributed by atoms with E-state index < -0.39 is 22.4 Å². The minimum atomic E-state index is -1.14. The number of nitrogens with zero attached hydrogens (tertiary/aromatic N) is 4. The molecule has 0 saturated carbocycles. The van der Waals surface area contributed by atoms with Gasteiger partial charge in [-0.2, -0.15) is 4.98 Å². The number of ether oxygens (including phenoxy) is 1. The third-order valence-electron chi connectivity index (χ3n) is 7.70. The minimum absolute atomic E-state index is 0.0788. The number of benzene rings is 1. The largest absolute Gasteiger partial charge is 0.447 e. The molecule has 1 aromatic heterocycles. The summed E-state index contributed by atoms with van der Waals surface area (Å²) in [5.41, 5.74) is 9.74. The van der Waals surface area contributed by atoms with Crippen molar-refractivity contribution in [2.24, 2.45) is 17.6 Å². The molecule has 4 heterocycles. The highest BCUT2D eigenvalue weighted by molar-refractivity contribution is 7.85. The molecule has 6 rings (SSSR count). The quantitative estimate of drug-likeness (QED) is 0.625. The van der Waals surface area contributed by atoms with Crippen molar-refractivity contribution in [1.82, 2.24) is 9.97 Å². The van der Waals surface area contributed by atoms with Crippen LogP contribution in [0, 0.1) is 11.8 Å². The van der Waals surface area contributed by atoms with Gasteiger partial charge in [-0.05, 0) is 49.9 Å².